The lowest BCUT2D eigenvalue weighted by Gasteiger charge is -2.25. The van der Waals surface area contributed by atoms with Crippen LogP contribution in [0.1, 0.15) is 29.6 Å². The van der Waals surface area contributed by atoms with E-state index in [0.717, 1.165) is 19.3 Å². The number of rotatable bonds is 2. The van der Waals surface area contributed by atoms with Crippen LogP contribution in [0.15, 0.2) is 22.7 Å². The summed E-state index contributed by atoms with van der Waals surface area (Å²) in [4.78, 5) is 25.5. The van der Waals surface area contributed by atoms with Gasteiger partial charge in [-0.15, -0.1) is 0 Å². The molecule has 1 heterocycles. The van der Waals surface area contributed by atoms with Gasteiger partial charge in [-0.05, 0) is 52.7 Å². The molecule has 2 aliphatic rings. The molecule has 1 amide bonds. The summed E-state index contributed by atoms with van der Waals surface area (Å²) in [6.45, 7) is 0.404. The van der Waals surface area contributed by atoms with Gasteiger partial charge in [-0.25, -0.2) is 9.18 Å². The number of nitrogens with zero attached hydrogens (tertiary/aromatic N) is 1. The molecular formula is C15H15BrFNO3. The Balaban J connectivity index is 1.96. The summed E-state index contributed by atoms with van der Waals surface area (Å²) < 4.78 is 14.3. The summed E-state index contributed by atoms with van der Waals surface area (Å²) in [6, 6.07) is 3.47. The first kappa shape index (κ1) is 14.5. The smallest absolute Gasteiger partial charge is 0.326 e. The van der Waals surface area contributed by atoms with E-state index in [1.54, 1.807) is 6.07 Å². The molecule has 1 saturated heterocycles. The summed E-state index contributed by atoms with van der Waals surface area (Å²) in [5.41, 5.74) is -0.0799. The molecule has 1 aliphatic heterocycles. The Morgan fingerprint density at radius 1 is 1.33 bits per heavy atom. The van der Waals surface area contributed by atoms with Crippen molar-refractivity contribution in [1.29, 1.82) is 0 Å². The molecule has 1 saturated carbocycles. The normalized spacial score (nSPS) is 27.7. The van der Waals surface area contributed by atoms with Crippen LogP contribution in [0.25, 0.3) is 0 Å². The van der Waals surface area contributed by atoms with Crippen LogP contribution in [0.4, 0.5) is 4.39 Å². The number of carbonyl (C=O) groups excluding carboxylic acids is 1. The number of hydrogen-bond donors (Lipinski definition) is 1. The van der Waals surface area contributed by atoms with Crippen LogP contribution in [0.5, 0.6) is 0 Å². The first-order chi connectivity index (χ1) is 10.0. The number of amides is 1. The standard InChI is InChI=1S/C15H15BrFNO3/c16-10-5-2-6-11(17)12(10)14(19)18-7-8-3-1-4-9(8)13(18)15(20)21/h2,5-6,8-9,13H,1,3-4,7H2,(H,20,21). The van der Waals surface area contributed by atoms with E-state index in [9.17, 15) is 19.1 Å². The maximum atomic E-state index is 13.9. The van der Waals surface area contributed by atoms with Crippen LogP contribution in [-0.2, 0) is 4.79 Å². The Bertz CT molecular complexity index is 586. The van der Waals surface area contributed by atoms with Gasteiger partial charge < -0.3 is 10.0 Å². The molecule has 21 heavy (non-hydrogen) atoms. The van der Waals surface area contributed by atoms with Gasteiger partial charge in [0.05, 0.1) is 5.56 Å². The van der Waals surface area contributed by atoms with Crippen LogP contribution >= 0.6 is 15.9 Å². The van der Waals surface area contributed by atoms with E-state index in [-0.39, 0.29) is 17.4 Å². The van der Waals surface area contributed by atoms with Crippen LogP contribution in [0, 0.1) is 17.7 Å². The average molecular weight is 356 g/mol. The topological polar surface area (TPSA) is 57.6 Å². The van der Waals surface area contributed by atoms with Gasteiger partial charge in [-0.1, -0.05) is 12.5 Å². The zero-order chi connectivity index (χ0) is 15.1. The lowest BCUT2D eigenvalue weighted by atomic mass is 9.94. The van der Waals surface area contributed by atoms with Gasteiger partial charge in [0.2, 0.25) is 0 Å². The fraction of sp³-hybridized carbons (Fsp3) is 0.467. The summed E-state index contributed by atoms with van der Waals surface area (Å²) in [5, 5.41) is 9.47. The highest BCUT2D eigenvalue weighted by atomic mass is 79.9. The summed E-state index contributed by atoms with van der Waals surface area (Å²) in [7, 11) is 0. The number of aliphatic carboxylic acids is 1. The third-order valence-corrected chi connectivity index (χ3v) is 5.24. The largest absolute Gasteiger partial charge is 0.480 e. The molecule has 0 spiro atoms. The highest BCUT2D eigenvalue weighted by Gasteiger charge is 2.50. The van der Waals surface area contributed by atoms with E-state index in [1.807, 2.05) is 0 Å². The molecule has 0 radical (unpaired) electrons. The molecule has 0 bridgehead atoms. The first-order valence-corrected chi connectivity index (χ1v) is 7.77. The van der Waals surface area contributed by atoms with Crippen LogP contribution in [-0.4, -0.2) is 34.5 Å². The number of likely N-dealkylation sites (tertiary alicyclic amines) is 1. The van der Waals surface area contributed by atoms with E-state index in [1.165, 1.54) is 17.0 Å². The van der Waals surface area contributed by atoms with Crippen molar-refractivity contribution in [3.05, 3.63) is 34.1 Å². The third-order valence-electron chi connectivity index (χ3n) is 4.58. The number of carbonyl (C=O) groups is 2. The lowest BCUT2D eigenvalue weighted by Crippen LogP contribution is -2.43. The Hall–Kier alpha value is -1.43. The monoisotopic (exact) mass is 355 g/mol. The van der Waals surface area contributed by atoms with Crippen LogP contribution in [0.2, 0.25) is 0 Å². The van der Waals surface area contributed by atoms with Crippen molar-refractivity contribution in [1.82, 2.24) is 4.90 Å². The Kier molecular flexibility index (Phi) is 3.73. The van der Waals surface area contributed by atoms with E-state index in [2.05, 4.69) is 15.9 Å². The zero-order valence-electron chi connectivity index (χ0n) is 11.3. The highest BCUT2D eigenvalue weighted by Crippen LogP contribution is 2.43. The number of halogens is 2. The summed E-state index contributed by atoms with van der Waals surface area (Å²) in [6.07, 6.45) is 2.77. The van der Waals surface area contributed by atoms with Crippen LogP contribution in [0.3, 0.4) is 0 Å². The van der Waals surface area contributed by atoms with Crippen molar-refractivity contribution < 1.29 is 19.1 Å². The van der Waals surface area contributed by atoms with Gasteiger partial charge in [-0.2, -0.15) is 0 Å². The number of carboxylic acid groups (broad SMARTS) is 1. The Morgan fingerprint density at radius 3 is 2.76 bits per heavy atom. The molecule has 2 fully saturated rings. The number of carboxylic acids is 1. The molecule has 1 aliphatic carbocycles. The second-order valence-electron chi connectivity index (χ2n) is 5.69. The van der Waals surface area contributed by atoms with Crippen LogP contribution < -0.4 is 0 Å². The van der Waals surface area contributed by atoms with E-state index in [0.29, 0.717) is 11.0 Å². The van der Waals surface area contributed by atoms with Crippen molar-refractivity contribution in [3.8, 4) is 0 Å². The molecule has 4 nitrogen and oxygen atoms in total. The zero-order valence-corrected chi connectivity index (χ0v) is 12.8. The van der Waals surface area contributed by atoms with Gasteiger partial charge >= 0.3 is 5.97 Å². The number of benzene rings is 1. The summed E-state index contributed by atoms with van der Waals surface area (Å²) in [5.74, 6) is -1.94. The highest BCUT2D eigenvalue weighted by molar-refractivity contribution is 9.10. The van der Waals surface area contributed by atoms with Gasteiger partial charge in [-0.3, -0.25) is 4.79 Å². The molecule has 3 unspecified atom stereocenters. The van der Waals surface area contributed by atoms with Crippen molar-refractivity contribution in [3.63, 3.8) is 0 Å². The van der Waals surface area contributed by atoms with Gasteiger partial charge in [0, 0.05) is 11.0 Å². The molecule has 0 aromatic heterocycles. The van der Waals surface area contributed by atoms with Gasteiger partial charge in [0.1, 0.15) is 11.9 Å². The third kappa shape index (κ3) is 2.35. The predicted molar refractivity (Wildman–Crippen MR) is 77.4 cm³/mol. The quantitative estimate of drug-likeness (QED) is 0.887. The Labute approximate surface area is 130 Å². The second-order valence-corrected chi connectivity index (χ2v) is 6.55. The van der Waals surface area contributed by atoms with E-state index >= 15 is 0 Å². The molecule has 3 rings (SSSR count). The molecular weight excluding hydrogens is 341 g/mol. The first-order valence-electron chi connectivity index (χ1n) is 6.98. The SMILES string of the molecule is O=C(O)C1C2CCCC2CN1C(=O)c1c(F)cccc1Br. The Morgan fingerprint density at radius 2 is 2.10 bits per heavy atom. The minimum atomic E-state index is -0.995. The lowest BCUT2D eigenvalue weighted by molar-refractivity contribution is -0.142. The number of fused-ring (bicyclic) bond motifs is 1. The molecule has 3 atom stereocenters. The minimum absolute atomic E-state index is 0.00278. The van der Waals surface area contributed by atoms with Gasteiger partial charge in [0.15, 0.2) is 0 Å². The number of hydrogen-bond acceptors (Lipinski definition) is 2. The molecule has 1 aromatic rings. The maximum Gasteiger partial charge on any atom is 0.326 e. The van der Waals surface area contributed by atoms with E-state index in [4.69, 9.17) is 0 Å². The molecule has 112 valence electrons. The second kappa shape index (κ2) is 5.40. The molecule has 6 heteroatoms. The molecule has 1 N–H and O–H groups in total. The maximum absolute atomic E-state index is 13.9. The fourth-order valence-corrected chi connectivity index (χ4v) is 4.19. The summed E-state index contributed by atoms with van der Waals surface area (Å²) >= 11 is 3.18. The minimum Gasteiger partial charge on any atom is -0.480 e. The van der Waals surface area contributed by atoms with Crippen molar-refractivity contribution in [2.45, 2.75) is 25.3 Å². The van der Waals surface area contributed by atoms with Crippen molar-refractivity contribution in [2.75, 3.05) is 6.54 Å². The van der Waals surface area contributed by atoms with Crippen molar-refractivity contribution in [2.24, 2.45) is 11.8 Å². The average Bonchev–Trinajstić information content (AvgIpc) is 2.97. The van der Waals surface area contributed by atoms with E-state index < -0.39 is 23.7 Å². The van der Waals surface area contributed by atoms with Crippen molar-refractivity contribution >= 4 is 27.8 Å². The molecule has 1 aromatic carbocycles. The van der Waals surface area contributed by atoms with Gasteiger partial charge in [0.25, 0.3) is 5.91 Å². The fourth-order valence-electron chi connectivity index (χ4n) is 3.68. The predicted octanol–water partition coefficient (Wildman–Crippen LogP) is 2.91.